The van der Waals surface area contributed by atoms with E-state index >= 15 is 0 Å². The molecule has 6 nitrogen and oxygen atoms in total. The lowest BCUT2D eigenvalue weighted by Crippen LogP contribution is -2.22. The number of hydrogen-bond donors (Lipinski definition) is 1. The Morgan fingerprint density at radius 3 is 2.64 bits per heavy atom. The van der Waals surface area contributed by atoms with E-state index in [1.807, 2.05) is 43.3 Å². The number of amides is 1. The molecule has 25 heavy (non-hydrogen) atoms. The van der Waals surface area contributed by atoms with Crippen molar-refractivity contribution in [3.05, 3.63) is 65.8 Å². The van der Waals surface area contributed by atoms with Crippen LogP contribution in [-0.2, 0) is 13.0 Å². The molecule has 0 aliphatic heterocycles. The van der Waals surface area contributed by atoms with E-state index < -0.39 is 0 Å². The summed E-state index contributed by atoms with van der Waals surface area (Å²) < 4.78 is 10.3. The summed E-state index contributed by atoms with van der Waals surface area (Å²) in [6.45, 7) is 2.29. The van der Waals surface area contributed by atoms with Crippen LogP contribution < -0.4 is 10.1 Å². The van der Waals surface area contributed by atoms with Crippen LogP contribution in [0.5, 0.6) is 5.75 Å². The molecule has 0 saturated heterocycles. The van der Waals surface area contributed by atoms with Gasteiger partial charge in [0.05, 0.1) is 24.9 Å². The summed E-state index contributed by atoms with van der Waals surface area (Å²) in [5, 5.41) is 6.72. The van der Waals surface area contributed by atoms with E-state index in [1.54, 1.807) is 19.5 Å². The predicted molar refractivity (Wildman–Crippen MR) is 93.3 cm³/mol. The molecule has 0 bridgehead atoms. The van der Waals surface area contributed by atoms with Gasteiger partial charge in [-0.2, -0.15) is 0 Å². The third-order valence-corrected chi connectivity index (χ3v) is 3.82. The first kappa shape index (κ1) is 16.7. The minimum absolute atomic E-state index is 0.211. The van der Waals surface area contributed by atoms with E-state index in [0.717, 1.165) is 29.0 Å². The fraction of sp³-hybridized carbons (Fsp3) is 0.211. The van der Waals surface area contributed by atoms with Crippen molar-refractivity contribution < 1.29 is 14.1 Å². The maximum Gasteiger partial charge on any atom is 0.253 e. The minimum Gasteiger partial charge on any atom is -0.497 e. The molecule has 0 radical (unpaired) electrons. The number of methoxy groups -OCH3 is 1. The van der Waals surface area contributed by atoms with Crippen LogP contribution in [0.25, 0.3) is 11.1 Å². The minimum atomic E-state index is -0.211. The lowest BCUT2D eigenvalue weighted by atomic mass is 10.1. The zero-order valence-corrected chi connectivity index (χ0v) is 14.2. The van der Waals surface area contributed by atoms with E-state index in [2.05, 4.69) is 15.5 Å². The third-order valence-electron chi connectivity index (χ3n) is 3.82. The number of benzene rings is 1. The first-order valence-corrected chi connectivity index (χ1v) is 8.01. The van der Waals surface area contributed by atoms with E-state index in [-0.39, 0.29) is 5.91 Å². The van der Waals surface area contributed by atoms with Gasteiger partial charge in [-0.3, -0.25) is 9.78 Å². The highest BCUT2D eigenvalue weighted by molar-refractivity contribution is 5.95. The third kappa shape index (κ3) is 4.03. The Morgan fingerprint density at radius 1 is 1.16 bits per heavy atom. The van der Waals surface area contributed by atoms with Crippen molar-refractivity contribution in [1.82, 2.24) is 15.5 Å². The number of aromatic nitrogens is 2. The number of nitrogens with zero attached hydrogens (tertiary/aromatic N) is 2. The van der Waals surface area contributed by atoms with Gasteiger partial charge in [-0.15, -0.1) is 0 Å². The summed E-state index contributed by atoms with van der Waals surface area (Å²) in [5.41, 5.74) is 3.19. The Balaban J connectivity index is 1.70. The Kier molecular flexibility index (Phi) is 5.09. The number of rotatable bonds is 6. The van der Waals surface area contributed by atoms with Gasteiger partial charge in [-0.25, -0.2) is 0 Å². The Morgan fingerprint density at radius 2 is 1.96 bits per heavy atom. The number of ether oxygens (including phenoxy) is 1. The van der Waals surface area contributed by atoms with Gasteiger partial charge in [0.25, 0.3) is 5.91 Å². The molecule has 0 unspecified atom stereocenters. The van der Waals surface area contributed by atoms with Crippen molar-refractivity contribution in [2.45, 2.75) is 19.9 Å². The lowest BCUT2D eigenvalue weighted by Gasteiger charge is -2.06. The van der Waals surface area contributed by atoms with Crippen LogP contribution in [0, 0.1) is 0 Å². The van der Waals surface area contributed by atoms with Crippen LogP contribution in [-0.4, -0.2) is 23.2 Å². The van der Waals surface area contributed by atoms with Gasteiger partial charge in [-0.1, -0.05) is 24.2 Å². The number of aryl methyl sites for hydroxylation is 1. The average Bonchev–Trinajstić information content (AvgIpc) is 3.14. The molecule has 0 atom stereocenters. The highest BCUT2D eigenvalue weighted by Crippen LogP contribution is 2.22. The molecule has 0 saturated carbocycles. The van der Waals surface area contributed by atoms with Crippen LogP contribution in [0.4, 0.5) is 0 Å². The van der Waals surface area contributed by atoms with Gasteiger partial charge in [-0.05, 0) is 30.2 Å². The standard InChI is InChI=1S/C19H19N3O3/c1-3-16-9-18(25-22-16)12-21-19(23)15-8-14(10-20-11-15)13-4-6-17(24-2)7-5-13/h4-11H,3,12H2,1-2H3,(H,21,23). The number of carbonyl (C=O) groups is 1. The van der Waals surface area contributed by atoms with Crippen LogP contribution >= 0.6 is 0 Å². The summed E-state index contributed by atoms with van der Waals surface area (Å²) in [6.07, 6.45) is 4.06. The maximum atomic E-state index is 12.3. The number of carbonyl (C=O) groups excluding carboxylic acids is 1. The maximum absolute atomic E-state index is 12.3. The average molecular weight is 337 g/mol. The Hall–Kier alpha value is -3.15. The zero-order chi connectivity index (χ0) is 17.6. The van der Waals surface area contributed by atoms with Crippen molar-refractivity contribution in [3.8, 4) is 16.9 Å². The van der Waals surface area contributed by atoms with Crippen LogP contribution in [0.3, 0.4) is 0 Å². The molecule has 1 amide bonds. The van der Waals surface area contributed by atoms with E-state index in [0.29, 0.717) is 17.9 Å². The summed E-state index contributed by atoms with van der Waals surface area (Å²) in [6, 6.07) is 11.2. The van der Waals surface area contributed by atoms with E-state index in [1.165, 1.54) is 0 Å². The van der Waals surface area contributed by atoms with Crippen LogP contribution in [0.15, 0.2) is 53.3 Å². The Labute approximate surface area is 145 Å². The SMILES string of the molecule is CCc1cc(CNC(=O)c2cncc(-c3ccc(OC)cc3)c2)on1. The molecule has 6 heteroatoms. The van der Waals surface area contributed by atoms with E-state index in [9.17, 15) is 4.79 Å². The highest BCUT2D eigenvalue weighted by Gasteiger charge is 2.10. The van der Waals surface area contributed by atoms with Crippen LogP contribution in [0.1, 0.15) is 28.7 Å². The topological polar surface area (TPSA) is 77.2 Å². The van der Waals surface area contributed by atoms with Crippen molar-refractivity contribution in [1.29, 1.82) is 0 Å². The monoisotopic (exact) mass is 337 g/mol. The second-order valence-corrected chi connectivity index (χ2v) is 5.51. The van der Waals surface area contributed by atoms with Crippen molar-refractivity contribution in [2.75, 3.05) is 7.11 Å². The molecule has 1 N–H and O–H groups in total. The number of hydrogen-bond acceptors (Lipinski definition) is 5. The molecule has 0 aliphatic carbocycles. The first-order chi connectivity index (χ1) is 12.2. The Bertz CT molecular complexity index is 856. The van der Waals surface area contributed by atoms with Gasteiger partial charge in [0.15, 0.2) is 5.76 Å². The fourth-order valence-corrected chi connectivity index (χ4v) is 2.38. The summed E-state index contributed by atoms with van der Waals surface area (Å²) in [7, 11) is 1.62. The summed E-state index contributed by atoms with van der Waals surface area (Å²) in [5.74, 6) is 1.20. The molecule has 1 aromatic carbocycles. The second kappa shape index (κ2) is 7.61. The molecule has 0 fully saturated rings. The zero-order valence-electron chi connectivity index (χ0n) is 14.2. The molecular formula is C19H19N3O3. The summed E-state index contributed by atoms with van der Waals surface area (Å²) >= 11 is 0. The van der Waals surface area contributed by atoms with E-state index in [4.69, 9.17) is 9.26 Å². The van der Waals surface area contributed by atoms with Crippen molar-refractivity contribution in [2.24, 2.45) is 0 Å². The molecule has 3 rings (SSSR count). The molecule has 0 aliphatic rings. The van der Waals surface area contributed by atoms with Gasteiger partial charge >= 0.3 is 0 Å². The number of pyridine rings is 1. The van der Waals surface area contributed by atoms with Gasteiger partial charge in [0.2, 0.25) is 0 Å². The van der Waals surface area contributed by atoms with Gasteiger partial charge in [0, 0.05) is 24.0 Å². The second-order valence-electron chi connectivity index (χ2n) is 5.51. The highest BCUT2D eigenvalue weighted by atomic mass is 16.5. The van der Waals surface area contributed by atoms with Crippen molar-refractivity contribution in [3.63, 3.8) is 0 Å². The molecule has 128 valence electrons. The lowest BCUT2D eigenvalue weighted by molar-refractivity contribution is 0.0946. The van der Waals surface area contributed by atoms with Gasteiger partial charge < -0.3 is 14.6 Å². The molecular weight excluding hydrogens is 318 g/mol. The number of nitrogens with one attached hydrogen (secondary N) is 1. The molecule has 3 aromatic rings. The predicted octanol–water partition coefficient (Wildman–Crippen LogP) is 3.24. The largest absolute Gasteiger partial charge is 0.497 e. The molecule has 2 heterocycles. The fourth-order valence-electron chi connectivity index (χ4n) is 2.38. The molecule has 2 aromatic heterocycles. The molecule has 0 spiro atoms. The van der Waals surface area contributed by atoms with Crippen molar-refractivity contribution >= 4 is 5.91 Å². The first-order valence-electron chi connectivity index (χ1n) is 8.01. The van der Waals surface area contributed by atoms with Crippen LogP contribution in [0.2, 0.25) is 0 Å². The smallest absolute Gasteiger partial charge is 0.253 e. The summed E-state index contributed by atoms with van der Waals surface area (Å²) in [4.78, 5) is 16.5. The quantitative estimate of drug-likeness (QED) is 0.747. The normalized spacial score (nSPS) is 10.5. The van der Waals surface area contributed by atoms with Gasteiger partial charge in [0.1, 0.15) is 5.75 Å².